The van der Waals surface area contributed by atoms with E-state index < -0.39 is 6.04 Å². The SMILES string of the molecule is COCCCN1C(=O)C(N)c2c(C)cc(C)cc21. The van der Waals surface area contributed by atoms with E-state index in [1.54, 1.807) is 12.0 Å². The average Bonchev–Trinajstić information content (AvgIpc) is 2.54. The van der Waals surface area contributed by atoms with E-state index in [1.165, 1.54) is 0 Å². The van der Waals surface area contributed by atoms with Crippen LogP contribution in [0.5, 0.6) is 0 Å². The van der Waals surface area contributed by atoms with E-state index in [9.17, 15) is 4.79 Å². The van der Waals surface area contributed by atoms with Crippen molar-refractivity contribution in [1.82, 2.24) is 0 Å². The molecule has 0 fully saturated rings. The minimum atomic E-state index is -0.511. The summed E-state index contributed by atoms with van der Waals surface area (Å²) in [6, 6.07) is 3.60. The van der Waals surface area contributed by atoms with E-state index in [0.29, 0.717) is 13.2 Å². The zero-order valence-electron chi connectivity index (χ0n) is 11.2. The fraction of sp³-hybridized carbons (Fsp3) is 0.500. The minimum Gasteiger partial charge on any atom is -0.385 e. The Morgan fingerprint density at radius 2 is 2.11 bits per heavy atom. The summed E-state index contributed by atoms with van der Waals surface area (Å²) in [5.74, 6) is -0.00481. The molecule has 0 spiro atoms. The monoisotopic (exact) mass is 248 g/mol. The summed E-state index contributed by atoms with van der Waals surface area (Å²) < 4.78 is 5.03. The minimum absolute atomic E-state index is 0.00481. The van der Waals surface area contributed by atoms with E-state index >= 15 is 0 Å². The second-order valence-corrected chi connectivity index (χ2v) is 4.83. The van der Waals surface area contributed by atoms with Gasteiger partial charge >= 0.3 is 0 Å². The zero-order valence-corrected chi connectivity index (χ0v) is 11.2. The Morgan fingerprint density at radius 1 is 1.39 bits per heavy atom. The summed E-state index contributed by atoms with van der Waals surface area (Å²) >= 11 is 0. The maximum Gasteiger partial charge on any atom is 0.248 e. The lowest BCUT2D eigenvalue weighted by molar-refractivity contribution is -0.119. The number of aryl methyl sites for hydroxylation is 2. The molecule has 1 amide bonds. The molecule has 98 valence electrons. The molecule has 1 aliphatic heterocycles. The van der Waals surface area contributed by atoms with Crippen molar-refractivity contribution in [2.75, 3.05) is 25.2 Å². The first-order valence-corrected chi connectivity index (χ1v) is 6.23. The molecule has 0 aliphatic carbocycles. The first-order valence-electron chi connectivity index (χ1n) is 6.23. The Bertz CT molecular complexity index is 471. The van der Waals surface area contributed by atoms with Crippen LogP contribution in [0.4, 0.5) is 5.69 Å². The van der Waals surface area contributed by atoms with E-state index in [0.717, 1.165) is 28.8 Å². The normalized spacial score (nSPS) is 18.3. The highest BCUT2D eigenvalue weighted by molar-refractivity contribution is 6.05. The summed E-state index contributed by atoms with van der Waals surface area (Å²) in [5.41, 5.74) is 10.2. The van der Waals surface area contributed by atoms with Crippen LogP contribution in [0, 0.1) is 13.8 Å². The molecule has 4 heteroatoms. The van der Waals surface area contributed by atoms with Crippen LogP contribution in [0.15, 0.2) is 12.1 Å². The highest BCUT2D eigenvalue weighted by atomic mass is 16.5. The van der Waals surface area contributed by atoms with E-state index in [4.69, 9.17) is 10.5 Å². The smallest absolute Gasteiger partial charge is 0.248 e. The Kier molecular flexibility index (Phi) is 3.68. The molecule has 2 rings (SSSR count). The largest absolute Gasteiger partial charge is 0.385 e. The van der Waals surface area contributed by atoms with Crippen LogP contribution in [-0.2, 0) is 9.53 Å². The summed E-state index contributed by atoms with van der Waals surface area (Å²) in [7, 11) is 1.67. The molecule has 4 nitrogen and oxygen atoms in total. The van der Waals surface area contributed by atoms with Gasteiger partial charge in [-0.3, -0.25) is 4.79 Å². The van der Waals surface area contributed by atoms with Crippen molar-refractivity contribution in [2.24, 2.45) is 5.73 Å². The molecule has 2 N–H and O–H groups in total. The number of methoxy groups -OCH3 is 1. The first kappa shape index (κ1) is 13.1. The van der Waals surface area contributed by atoms with Gasteiger partial charge in [0.2, 0.25) is 5.91 Å². The Hall–Kier alpha value is -1.39. The number of carbonyl (C=O) groups excluding carboxylic acids is 1. The van der Waals surface area contributed by atoms with Gasteiger partial charge in [0.1, 0.15) is 6.04 Å². The van der Waals surface area contributed by atoms with Gasteiger partial charge in [-0.15, -0.1) is 0 Å². The summed E-state index contributed by atoms with van der Waals surface area (Å²) in [6.45, 7) is 5.36. The molecule has 0 saturated carbocycles. The van der Waals surface area contributed by atoms with Crippen LogP contribution in [0.2, 0.25) is 0 Å². The molecular weight excluding hydrogens is 228 g/mol. The predicted octanol–water partition coefficient (Wildman–Crippen LogP) is 1.69. The van der Waals surface area contributed by atoms with Crippen molar-refractivity contribution in [3.05, 3.63) is 28.8 Å². The first-order chi connectivity index (χ1) is 8.56. The topological polar surface area (TPSA) is 55.6 Å². The third kappa shape index (κ3) is 2.13. The predicted molar refractivity (Wildman–Crippen MR) is 71.7 cm³/mol. The van der Waals surface area contributed by atoms with Crippen LogP contribution in [0.1, 0.15) is 29.2 Å². The lowest BCUT2D eigenvalue weighted by Crippen LogP contribution is -2.33. The highest BCUT2D eigenvalue weighted by Crippen LogP contribution is 2.37. The van der Waals surface area contributed by atoms with Gasteiger partial charge in [0.05, 0.1) is 0 Å². The molecule has 1 aromatic rings. The van der Waals surface area contributed by atoms with Gasteiger partial charge in [-0.2, -0.15) is 0 Å². The maximum atomic E-state index is 12.2. The molecule has 1 aromatic carbocycles. The lowest BCUT2D eigenvalue weighted by atomic mass is 10.0. The number of nitrogens with two attached hydrogens (primary N) is 1. The number of nitrogens with zero attached hydrogens (tertiary/aromatic N) is 1. The van der Waals surface area contributed by atoms with Crippen molar-refractivity contribution >= 4 is 11.6 Å². The summed E-state index contributed by atoms with van der Waals surface area (Å²) in [5, 5.41) is 0. The quantitative estimate of drug-likeness (QED) is 0.825. The van der Waals surface area contributed by atoms with Crippen molar-refractivity contribution in [2.45, 2.75) is 26.3 Å². The molecule has 1 aliphatic rings. The number of anilines is 1. The molecular formula is C14H20N2O2. The Labute approximate surface area is 108 Å². The number of amides is 1. The highest BCUT2D eigenvalue weighted by Gasteiger charge is 2.35. The molecule has 1 heterocycles. The second-order valence-electron chi connectivity index (χ2n) is 4.83. The van der Waals surface area contributed by atoms with Crippen LogP contribution in [0.3, 0.4) is 0 Å². The van der Waals surface area contributed by atoms with Gasteiger partial charge < -0.3 is 15.4 Å². The van der Waals surface area contributed by atoms with Crippen molar-refractivity contribution in [3.8, 4) is 0 Å². The number of fused-ring (bicyclic) bond motifs is 1. The number of carbonyl (C=O) groups is 1. The number of hydrogen-bond acceptors (Lipinski definition) is 3. The molecule has 1 unspecified atom stereocenters. The van der Waals surface area contributed by atoms with Crippen LogP contribution >= 0.6 is 0 Å². The van der Waals surface area contributed by atoms with Gasteiger partial charge in [0.15, 0.2) is 0 Å². The van der Waals surface area contributed by atoms with Crippen molar-refractivity contribution in [1.29, 1.82) is 0 Å². The number of benzene rings is 1. The van der Waals surface area contributed by atoms with E-state index in [-0.39, 0.29) is 5.91 Å². The third-order valence-electron chi connectivity index (χ3n) is 3.37. The zero-order chi connectivity index (χ0) is 13.3. The van der Waals surface area contributed by atoms with Gasteiger partial charge in [0.25, 0.3) is 0 Å². The Balaban J connectivity index is 2.32. The summed E-state index contributed by atoms with van der Waals surface area (Å²) in [4.78, 5) is 14.0. The molecule has 0 saturated heterocycles. The number of hydrogen-bond donors (Lipinski definition) is 1. The second kappa shape index (κ2) is 5.08. The van der Waals surface area contributed by atoms with Crippen LogP contribution < -0.4 is 10.6 Å². The lowest BCUT2D eigenvalue weighted by Gasteiger charge is -2.18. The van der Waals surface area contributed by atoms with Gasteiger partial charge in [0, 0.05) is 31.5 Å². The maximum absolute atomic E-state index is 12.2. The molecule has 1 atom stereocenters. The summed E-state index contributed by atoms with van der Waals surface area (Å²) in [6.07, 6.45) is 0.821. The molecule has 0 aromatic heterocycles. The van der Waals surface area contributed by atoms with Gasteiger partial charge in [-0.1, -0.05) is 6.07 Å². The Morgan fingerprint density at radius 3 is 2.78 bits per heavy atom. The van der Waals surface area contributed by atoms with Gasteiger partial charge in [-0.25, -0.2) is 0 Å². The number of rotatable bonds is 4. The van der Waals surface area contributed by atoms with Crippen molar-refractivity contribution < 1.29 is 9.53 Å². The average molecular weight is 248 g/mol. The van der Waals surface area contributed by atoms with E-state index in [2.05, 4.69) is 6.07 Å². The molecule has 0 bridgehead atoms. The van der Waals surface area contributed by atoms with Gasteiger partial charge in [-0.05, 0) is 37.5 Å². The van der Waals surface area contributed by atoms with Crippen molar-refractivity contribution in [3.63, 3.8) is 0 Å². The fourth-order valence-electron chi connectivity index (χ4n) is 2.59. The van der Waals surface area contributed by atoms with Crippen LogP contribution in [-0.4, -0.2) is 26.2 Å². The molecule has 18 heavy (non-hydrogen) atoms. The third-order valence-corrected chi connectivity index (χ3v) is 3.37. The van der Waals surface area contributed by atoms with E-state index in [1.807, 2.05) is 19.9 Å². The standard InChI is InChI=1S/C14H20N2O2/c1-9-7-10(2)12-11(8-9)16(5-4-6-18-3)14(17)13(12)15/h7-8,13H,4-6,15H2,1-3H3. The molecule has 0 radical (unpaired) electrons. The fourth-order valence-corrected chi connectivity index (χ4v) is 2.59. The van der Waals surface area contributed by atoms with Crippen LogP contribution in [0.25, 0.3) is 0 Å². The number of ether oxygens (including phenoxy) is 1.